The van der Waals surface area contributed by atoms with Gasteiger partial charge in [-0.05, 0) is 18.2 Å². The van der Waals surface area contributed by atoms with Crippen molar-refractivity contribution in [3.63, 3.8) is 0 Å². The van der Waals surface area contributed by atoms with Gasteiger partial charge in [-0.1, -0.05) is 0 Å². The number of amides is 3. The summed E-state index contributed by atoms with van der Waals surface area (Å²) < 4.78 is 53.7. The van der Waals surface area contributed by atoms with E-state index in [-0.39, 0.29) is 25.4 Å². The first-order valence-electron chi connectivity index (χ1n) is 9.07. The monoisotopic (exact) mass is 427 g/mol. The topological polar surface area (TPSA) is 79.7 Å². The third-order valence-electron chi connectivity index (χ3n) is 4.99. The summed E-state index contributed by atoms with van der Waals surface area (Å²) in [7, 11) is 1.48. The van der Waals surface area contributed by atoms with Crippen LogP contribution in [0.2, 0.25) is 0 Å². The molecule has 160 valence electrons. The second-order valence-electron chi connectivity index (χ2n) is 6.93. The summed E-state index contributed by atoms with van der Waals surface area (Å²) in [6.07, 6.45) is -4.49. The van der Waals surface area contributed by atoms with Crippen molar-refractivity contribution in [3.8, 4) is 0 Å². The second-order valence-corrected chi connectivity index (χ2v) is 6.93. The standard InChI is InChI=1S/C18H17F4N5O3/c1-25-16(28)15-11-9-26(5-4-14(11)24-27(15)6-7-30-25)17(29)23-10-2-3-13(19)12(8-10)18(20,21)22/h2-3,8H,4-7,9H2,1H3,(H,23,29). The Balaban J connectivity index is 1.55. The van der Waals surface area contributed by atoms with Crippen molar-refractivity contribution in [1.29, 1.82) is 0 Å². The number of alkyl halides is 3. The Kier molecular flexibility index (Phi) is 4.88. The van der Waals surface area contributed by atoms with Crippen LogP contribution in [0.3, 0.4) is 0 Å². The predicted octanol–water partition coefficient (Wildman–Crippen LogP) is 2.65. The number of fused-ring (bicyclic) bond motifs is 3. The van der Waals surface area contributed by atoms with Gasteiger partial charge in [-0.3, -0.25) is 14.3 Å². The highest BCUT2D eigenvalue weighted by Gasteiger charge is 2.35. The molecule has 2 aliphatic rings. The van der Waals surface area contributed by atoms with Crippen molar-refractivity contribution in [1.82, 2.24) is 19.7 Å². The molecule has 1 aromatic carbocycles. The van der Waals surface area contributed by atoms with Gasteiger partial charge in [-0.25, -0.2) is 14.2 Å². The zero-order valence-electron chi connectivity index (χ0n) is 15.8. The molecule has 0 aliphatic carbocycles. The van der Waals surface area contributed by atoms with E-state index in [4.69, 9.17) is 4.84 Å². The Labute approximate surface area is 167 Å². The lowest BCUT2D eigenvalue weighted by Gasteiger charge is -2.27. The average molecular weight is 427 g/mol. The summed E-state index contributed by atoms with van der Waals surface area (Å²) in [6.45, 7) is 0.971. The van der Waals surface area contributed by atoms with E-state index in [2.05, 4.69) is 10.4 Å². The zero-order chi connectivity index (χ0) is 21.6. The zero-order valence-corrected chi connectivity index (χ0v) is 15.8. The van der Waals surface area contributed by atoms with Gasteiger partial charge in [0.25, 0.3) is 5.91 Å². The average Bonchev–Trinajstić information content (AvgIpc) is 2.98. The number of hydrogen-bond acceptors (Lipinski definition) is 4. The molecule has 1 aromatic heterocycles. The maximum Gasteiger partial charge on any atom is 0.419 e. The summed E-state index contributed by atoms with van der Waals surface area (Å²) in [5.41, 5.74) is -0.0503. The molecule has 1 N–H and O–H groups in total. The van der Waals surface area contributed by atoms with Gasteiger partial charge in [0.2, 0.25) is 0 Å². The van der Waals surface area contributed by atoms with Gasteiger partial charge in [-0.2, -0.15) is 18.3 Å². The highest BCUT2D eigenvalue weighted by molar-refractivity contribution is 5.94. The Morgan fingerprint density at radius 3 is 2.77 bits per heavy atom. The first-order valence-corrected chi connectivity index (χ1v) is 9.07. The smallest absolute Gasteiger partial charge is 0.320 e. The lowest BCUT2D eigenvalue weighted by molar-refractivity contribution is -0.139. The van der Waals surface area contributed by atoms with Crippen LogP contribution in [0.15, 0.2) is 18.2 Å². The number of aromatic nitrogens is 2. The fraction of sp³-hybridized carbons (Fsp3) is 0.389. The number of carbonyl (C=O) groups excluding carboxylic acids is 2. The number of benzene rings is 1. The van der Waals surface area contributed by atoms with Crippen LogP contribution in [0, 0.1) is 5.82 Å². The summed E-state index contributed by atoms with van der Waals surface area (Å²) in [6, 6.07) is 1.59. The van der Waals surface area contributed by atoms with Gasteiger partial charge >= 0.3 is 12.2 Å². The fourth-order valence-corrected chi connectivity index (χ4v) is 3.50. The Morgan fingerprint density at radius 2 is 2.03 bits per heavy atom. The molecule has 0 unspecified atom stereocenters. The molecule has 0 atom stereocenters. The minimum absolute atomic E-state index is 0.0589. The van der Waals surface area contributed by atoms with E-state index < -0.39 is 29.5 Å². The first-order chi connectivity index (χ1) is 14.1. The van der Waals surface area contributed by atoms with Crippen LogP contribution in [0.25, 0.3) is 0 Å². The van der Waals surface area contributed by atoms with Gasteiger partial charge in [0.15, 0.2) is 0 Å². The number of nitrogens with one attached hydrogen (secondary N) is 1. The molecular weight excluding hydrogens is 410 g/mol. The number of hydroxylamine groups is 2. The molecule has 8 nitrogen and oxygen atoms in total. The summed E-state index contributed by atoms with van der Waals surface area (Å²) in [5, 5.41) is 7.89. The van der Waals surface area contributed by atoms with E-state index in [0.29, 0.717) is 42.0 Å². The molecule has 0 spiro atoms. The minimum atomic E-state index is -4.88. The Morgan fingerprint density at radius 1 is 1.27 bits per heavy atom. The highest BCUT2D eigenvalue weighted by Crippen LogP contribution is 2.33. The van der Waals surface area contributed by atoms with Gasteiger partial charge in [0.1, 0.15) is 11.5 Å². The summed E-state index contributed by atoms with van der Waals surface area (Å²) in [5.74, 6) is -1.81. The van der Waals surface area contributed by atoms with Crippen LogP contribution < -0.4 is 5.32 Å². The van der Waals surface area contributed by atoms with E-state index in [9.17, 15) is 27.2 Å². The summed E-state index contributed by atoms with van der Waals surface area (Å²) in [4.78, 5) is 31.8. The predicted molar refractivity (Wildman–Crippen MR) is 94.8 cm³/mol. The number of rotatable bonds is 1. The molecule has 4 rings (SSSR count). The lowest BCUT2D eigenvalue weighted by Crippen LogP contribution is -2.39. The Bertz CT molecular complexity index is 1020. The molecule has 0 saturated heterocycles. The van der Waals surface area contributed by atoms with Crippen LogP contribution >= 0.6 is 0 Å². The van der Waals surface area contributed by atoms with Gasteiger partial charge < -0.3 is 10.2 Å². The van der Waals surface area contributed by atoms with Crippen molar-refractivity contribution >= 4 is 17.6 Å². The van der Waals surface area contributed by atoms with Crippen molar-refractivity contribution in [2.75, 3.05) is 25.5 Å². The molecule has 2 aromatic rings. The van der Waals surface area contributed by atoms with Crippen LogP contribution in [0.4, 0.5) is 28.0 Å². The molecule has 0 saturated carbocycles. The van der Waals surface area contributed by atoms with E-state index in [1.165, 1.54) is 11.9 Å². The molecule has 0 bridgehead atoms. The molecule has 3 amide bonds. The maximum atomic E-state index is 13.5. The van der Waals surface area contributed by atoms with Gasteiger partial charge in [0, 0.05) is 31.3 Å². The van der Waals surface area contributed by atoms with E-state index >= 15 is 0 Å². The third-order valence-corrected chi connectivity index (χ3v) is 4.99. The lowest BCUT2D eigenvalue weighted by atomic mass is 10.1. The van der Waals surface area contributed by atoms with Crippen molar-refractivity contribution in [3.05, 3.63) is 46.5 Å². The molecule has 0 radical (unpaired) electrons. The van der Waals surface area contributed by atoms with Crippen molar-refractivity contribution in [2.45, 2.75) is 25.7 Å². The third kappa shape index (κ3) is 3.58. The molecule has 12 heteroatoms. The molecular formula is C18H17F4N5O3. The Hall–Kier alpha value is -3.15. The van der Waals surface area contributed by atoms with Crippen molar-refractivity contribution in [2.24, 2.45) is 0 Å². The molecule has 2 aliphatic heterocycles. The quantitative estimate of drug-likeness (QED) is 0.710. The number of anilines is 1. The number of nitrogens with zero attached hydrogens (tertiary/aromatic N) is 4. The number of halogens is 4. The maximum absolute atomic E-state index is 13.5. The van der Waals surface area contributed by atoms with E-state index in [1.54, 1.807) is 4.68 Å². The minimum Gasteiger partial charge on any atom is -0.320 e. The number of hydrogen-bond donors (Lipinski definition) is 1. The number of urea groups is 1. The van der Waals surface area contributed by atoms with Crippen LogP contribution in [-0.4, -0.2) is 51.9 Å². The van der Waals surface area contributed by atoms with E-state index in [1.807, 2.05) is 0 Å². The van der Waals surface area contributed by atoms with E-state index in [0.717, 1.165) is 11.1 Å². The van der Waals surface area contributed by atoms with Crippen molar-refractivity contribution < 1.29 is 32.0 Å². The van der Waals surface area contributed by atoms with Crippen LogP contribution in [0.1, 0.15) is 27.3 Å². The van der Waals surface area contributed by atoms with Crippen LogP contribution in [0.5, 0.6) is 0 Å². The summed E-state index contributed by atoms with van der Waals surface area (Å²) >= 11 is 0. The second kappa shape index (κ2) is 7.27. The SMILES string of the molecule is CN1OCCn2nc3c(c2C1=O)CN(C(=O)Nc1ccc(F)c(C(F)(F)F)c1)CC3. The molecule has 3 heterocycles. The first kappa shape index (κ1) is 20.1. The highest BCUT2D eigenvalue weighted by atomic mass is 19.4. The largest absolute Gasteiger partial charge is 0.419 e. The molecule has 30 heavy (non-hydrogen) atoms. The fourth-order valence-electron chi connectivity index (χ4n) is 3.50. The van der Waals surface area contributed by atoms with Crippen LogP contribution in [-0.2, 0) is 30.5 Å². The number of carbonyl (C=O) groups is 2. The van der Waals surface area contributed by atoms with Gasteiger partial charge in [-0.15, -0.1) is 0 Å². The van der Waals surface area contributed by atoms with Gasteiger partial charge in [0.05, 0.1) is 31.0 Å². The molecule has 0 fully saturated rings. The normalized spacial score (nSPS) is 16.8.